The van der Waals surface area contributed by atoms with Crippen molar-refractivity contribution >= 4 is 11.6 Å². The lowest BCUT2D eigenvalue weighted by atomic mass is 10.1. The van der Waals surface area contributed by atoms with Crippen molar-refractivity contribution in [2.45, 2.75) is 13.5 Å². The van der Waals surface area contributed by atoms with E-state index in [-0.39, 0.29) is 23.7 Å². The molecule has 2 aromatic rings. The molecule has 110 valence electrons. The normalized spacial score (nSPS) is 10.4. The van der Waals surface area contributed by atoms with Gasteiger partial charge in [0.2, 0.25) is 0 Å². The van der Waals surface area contributed by atoms with E-state index in [1.165, 1.54) is 32.4 Å². The molecule has 8 heteroatoms. The molecule has 0 spiro atoms. The van der Waals surface area contributed by atoms with Gasteiger partial charge in [0.25, 0.3) is 0 Å². The van der Waals surface area contributed by atoms with Crippen LogP contribution in [0.4, 0.5) is 10.2 Å². The molecule has 0 saturated carbocycles. The lowest BCUT2D eigenvalue weighted by molar-refractivity contribution is -0.390. The van der Waals surface area contributed by atoms with Crippen LogP contribution in [-0.4, -0.2) is 27.6 Å². The third kappa shape index (κ3) is 3.04. The number of hydrogen-bond donors (Lipinski definition) is 0. The smallest absolute Gasteiger partial charge is 0.392 e. The molecule has 0 bridgehead atoms. The highest BCUT2D eigenvalue weighted by atomic mass is 19.1. The third-order valence-electron chi connectivity index (χ3n) is 2.86. The first-order chi connectivity index (χ1) is 9.92. The molecule has 0 aliphatic heterocycles. The Morgan fingerprint density at radius 2 is 2.24 bits per heavy atom. The molecule has 0 N–H and O–H groups in total. The molecule has 0 aliphatic rings. The van der Waals surface area contributed by atoms with Gasteiger partial charge in [-0.25, -0.2) is 4.39 Å². The largest absolute Gasteiger partial charge is 0.496 e. The quantitative estimate of drug-likeness (QED) is 0.479. The van der Waals surface area contributed by atoms with E-state index >= 15 is 0 Å². The van der Waals surface area contributed by atoms with Gasteiger partial charge in [-0.15, -0.1) is 0 Å². The Morgan fingerprint density at radius 1 is 1.52 bits per heavy atom. The highest BCUT2D eigenvalue weighted by molar-refractivity contribution is 5.98. The summed E-state index contributed by atoms with van der Waals surface area (Å²) in [6, 6.07) is 3.59. The fourth-order valence-corrected chi connectivity index (χ4v) is 1.90. The van der Waals surface area contributed by atoms with Crippen LogP contribution >= 0.6 is 0 Å². The Balaban J connectivity index is 2.28. The molecular weight excluding hydrogens is 281 g/mol. The van der Waals surface area contributed by atoms with Gasteiger partial charge < -0.3 is 14.9 Å². The van der Waals surface area contributed by atoms with Crippen LogP contribution in [0.25, 0.3) is 0 Å². The summed E-state index contributed by atoms with van der Waals surface area (Å²) in [4.78, 5) is 22.2. The summed E-state index contributed by atoms with van der Waals surface area (Å²) in [5, 5.41) is 14.4. The molecular formula is C13H12FN3O4. The second-order valence-electron chi connectivity index (χ2n) is 4.36. The maximum absolute atomic E-state index is 13.2. The molecule has 0 atom stereocenters. The van der Waals surface area contributed by atoms with Crippen molar-refractivity contribution in [3.63, 3.8) is 0 Å². The minimum atomic E-state index is -0.626. The van der Waals surface area contributed by atoms with E-state index in [9.17, 15) is 19.3 Å². The van der Waals surface area contributed by atoms with E-state index in [2.05, 4.69) is 5.10 Å². The lowest BCUT2D eigenvalue weighted by Gasteiger charge is -2.06. The van der Waals surface area contributed by atoms with Crippen molar-refractivity contribution in [3.8, 4) is 5.75 Å². The number of aryl methyl sites for hydroxylation is 1. The molecule has 7 nitrogen and oxygen atoms in total. The molecule has 0 aliphatic carbocycles. The van der Waals surface area contributed by atoms with Crippen LogP contribution in [-0.2, 0) is 6.54 Å². The monoisotopic (exact) mass is 293 g/mol. The van der Waals surface area contributed by atoms with Gasteiger partial charge >= 0.3 is 5.82 Å². The maximum Gasteiger partial charge on any atom is 0.392 e. The SMILES string of the molecule is COc1ccc(F)cc1C(=O)Cn1cc(C)c([N+](=O)[O-])n1. The first-order valence-electron chi connectivity index (χ1n) is 5.97. The number of halogens is 1. The van der Waals surface area contributed by atoms with Crippen molar-refractivity contribution in [1.29, 1.82) is 0 Å². The molecule has 2 rings (SSSR count). The molecule has 0 radical (unpaired) electrons. The lowest BCUT2D eigenvalue weighted by Crippen LogP contribution is -2.12. The van der Waals surface area contributed by atoms with Gasteiger partial charge in [0, 0.05) is 0 Å². The van der Waals surface area contributed by atoms with Gasteiger partial charge in [0.05, 0.1) is 29.5 Å². The summed E-state index contributed by atoms with van der Waals surface area (Å²) < 4.78 is 19.4. The molecule has 0 fully saturated rings. The van der Waals surface area contributed by atoms with Crippen molar-refractivity contribution in [2.24, 2.45) is 0 Å². The van der Waals surface area contributed by atoms with E-state index in [0.717, 1.165) is 10.7 Å². The molecule has 0 unspecified atom stereocenters. The van der Waals surface area contributed by atoms with Crippen LogP contribution in [0.5, 0.6) is 5.75 Å². The van der Waals surface area contributed by atoms with Crippen LogP contribution in [0.3, 0.4) is 0 Å². The minimum Gasteiger partial charge on any atom is -0.496 e. The highest BCUT2D eigenvalue weighted by Crippen LogP contribution is 2.21. The maximum atomic E-state index is 13.2. The van der Waals surface area contributed by atoms with Crippen LogP contribution < -0.4 is 4.74 Å². The number of nitro groups is 1. The van der Waals surface area contributed by atoms with Crippen LogP contribution in [0.1, 0.15) is 15.9 Å². The third-order valence-corrected chi connectivity index (χ3v) is 2.86. The van der Waals surface area contributed by atoms with Gasteiger partial charge in [0.1, 0.15) is 18.1 Å². The van der Waals surface area contributed by atoms with E-state index < -0.39 is 16.5 Å². The zero-order chi connectivity index (χ0) is 15.6. The van der Waals surface area contributed by atoms with Gasteiger partial charge in [-0.1, -0.05) is 0 Å². The molecule has 1 heterocycles. The molecule has 0 amide bonds. The Kier molecular flexibility index (Phi) is 3.97. The number of nitrogens with zero attached hydrogens (tertiary/aromatic N) is 3. The second-order valence-corrected chi connectivity index (χ2v) is 4.36. The first kappa shape index (κ1) is 14.6. The number of rotatable bonds is 5. The fraction of sp³-hybridized carbons (Fsp3) is 0.231. The van der Waals surface area contributed by atoms with Gasteiger partial charge in [-0.3, -0.25) is 4.79 Å². The van der Waals surface area contributed by atoms with Gasteiger partial charge in [-0.05, 0) is 30.0 Å². The Hall–Kier alpha value is -2.77. The number of Topliss-reactive ketones (excluding diaryl/α,β-unsaturated/α-hetero) is 1. The van der Waals surface area contributed by atoms with Crippen LogP contribution in [0, 0.1) is 22.9 Å². The number of carbonyl (C=O) groups excluding carboxylic acids is 1. The van der Waals surface area contributed by atoms with Crippen molar-refractivity contribution < 1.29 is 18.8 Å². The summed E-state index contributed by atoms with van der Waals surface area (Å²) in [6.07, 6.45) is 1.39. The topological polar surface area (TPSA) is 87.3 Å². The Morgan fingerprint density at radius 3 is 2.81 bits per heavy atom. The predicted octanol–water partition coefficient (Wildman–Crippen LogP) is 2.13. The first-order valence-corrected chi connectivity index (χ1v) is 5.97. The van der Waals surface area contributed by atoms with Crippen molar-refractivity contribution in [3.05, 3.63) is 51.5 Å². The zero-order valence-corrected chi connectivity index (χ0v) is 11.4. The van der Waals surface area contributed by atoms with Crippen LogP contribution in [0.15, 0.2) is 24.4 Å². The van der Waals surface area contributed by atoms with Crippen molar-refractivity contribution in [2.75, 3.05) is 7.11 Å². The fourth-order valence-electron chi connectivity index (χ4n) is 1.90. The molecule has 1 aromatic carbocycles. The van der Waals surface area contributed by atoms with E-state index in [1.54, 1.807) is 0 Å². The number of benzene rings is 1. The molecule has 0 saturated heterocycles. The minimum absolute atomic E-state index is 0.0632. The number of ether oxygens (including phenoxy) is 1. The average Bonchev–Trinajstić information content (AvgIpc) is 2.79. The van der Waals surface area contributed by atoms with Gasteiger partial charge in [0.15, 0.2) is 5.78 Å². The second kappa shape index (κ2) is 5.70. The standard InChI is InChI=1S/C13H12FN3O4/c1-8-6-16(15-13(8)17(19)20)7-11(18)10-5-9(14)3-4-12(10)21-2/h3-6H,7H2,1-2H3. The predicted molar refractivity (Wildman–Crippen MR) is 70.9 cm³/mol. The summed E-state index contributed by atoms with van der Waals surface area (Å²) in [5.41, 5.74) is 0.410. The zero-order valence-electron chi connectivity index (χ0n) is 11.4. The van der Waals surface area contributed by atoms with E-state index in [4.69, 9.17) is 4.74 Å². The van der Waals surface area contributed by atoms with E-state index in [1.807, 2.05) is 0 Å². The number of carbonyl (C=O) groups is 1. The number of hydrogen-bond acceptors (Lipinski definition) is 5. The summed E-state index contributed by atoms with van der Waals surface area (Å²) >= 11 is 0. The molecule has 21 heavy (non-hydrogen) atoms. The number of methoxy groups -OCH3 is 1. The Labute approximate surface area is 119 Å². The van der Waals surface area contributed by atoms with E-state index in [0.29, 0.717) is 5.56 Å². The van der Waals surface area contributed by atoms with Crippen molar-refractivity contribution in [1.82, 2.24) is 9.78 Å². The number of ketones is 1. The molecule has 1 aromatic heterocycles. The summed E-state index contributed by atoms with van der Waals surface area (Å²) in [5.74, 6) is -1.10. The Bertz CT molecular complexity index is 711. The number of aromatic nitrogens is 2. The summed E-state index contributed by atoms with van der Waals surface area (Å²) in [6.45, 7) is 1.28. The average molecular weight is 293 g/mol. The van der Waals surface area contributed by atoms with Crippen LogP contribution in [0.2, 0.25) is 0 Å². The summed E-state index contributed by atoms with van der Waals surface area (Å²) in [7, 11) is 1.37. The highest BCUT2D eigenvalue weighted by Gasteiger charge is 2.20. The van der Waals surface area contributed by atoms with Gasteiger partial charge in [-0.2, -0.15) is 4.68 Å².